The van der Waals surface area contributed by atoms with Crippen molar-refractivity contribution in [1.82, 2.24) is 9.80 Å². The molecule has 118 valence electrons. The molecule has 1 fully saturated rings. The second kappa shape index (κ2) is 7.28. The molecule has 2 rings (SSSR count). The average molecular weight is 323 g/mol. The summed E-state index contributed by atoms with van der Waals surface area (Å²) in [7, 11) is 2.00. The normalized spacial score (nSPS) is 16.5. The van der Waals surface area contributed by atoms with E-state index in [9.17, 15) is 9.18 Å². The molecule has 0 saturated carbocycles. The van der Waals surface area contributed by atoms with Crippen molar-refractivity contribution in [3.8, 4) is 0 Å². The first-order valence-corrected chi connectivity index (χ1v) is 7.25. The Bertz CT molecular complexity index is 581. The van der Waals surface area contributed by atoms with Crippen molar-refractivity contribution in [2.24, 2.45) is 10.8 Å². The maximum absolute atomic E-state index is 12.8. The van der Waals surface area contributed by atoms with Crippen molar-refractivity contribution in [1.29, 1.82) is 0 Å². The van der Waals surface area contributed by atoms with Crippen molar-refractivity contribution < 1.29 is 9.18 Å². The Morgan fingerprint density at radius 3 is 2.41 bits per heavy atom. The van der Waals surface area contributed by atoms with Gasteiger partial charge in [0.25, 0.3) is 5.91 Å². The van der Waals surface area contributed by atoms with Gasteiger partial charge in [0.05, 0.1) is 5.69 Å². The standard InChI is InChI=1S/C14H18FN5OS/c1-19-6-8-20(9-7-19)14(21)12(13(16)22)18-17-11-4-2-10(15)3-5-11/h2-5,17H,6-9H2,1H3,(H2,16,22)/b18-12+. The molecule has 1 aliphatic rings. The number of amides is 1. The highest BCUT2D eigenvalue weighted by Crippen LogP contribution is 2.08. The minimum atomic E-state index is -0.349. The van der Waals surface area contributed by atoms with Crippen LogP contribution in [-0.2, 0) is 4.79 Å². The van der Waals surface area contributed by atoms with Crippen LogP contribution in [-0.4, -0.2) is 59.6 Å². The first-order valence-electron chi connectivity index (χ1n) is 6.84. The van der Waals surface area contributed by atoms with Gasteiger partial charge in [0.1, 0.15) is 10.8 Å². The minimum Gasteiger partial charge on any atom is -0.388 e. The number of anilines is 1. The summed E-state index contributed by atoms with van der Waals surface area (Å²) in [5, 5.41) is 3.99. The minimum absolute atomic E-state index is 0.00359. The summed E-state index contributed by atoms with van der Waals surface area (Å²) in [5.74, 6) is -0.646. The number of hydrazone groups is 1. The number of rotatable bonds is 4. The summed E-state index contributed by atoms with van der Waals surface area (Å²) in [6.07, 6.45) is 0. The third-order valence-corrected chi connectivity index (χ3v) is 3.56. The van der Waals surface area contributed by atoms with Crippen LogP contribution in [0.5, 0.6) is 0 Å². The summed E-state index contributed by atoms with van der Waals surface area (Å²) in [4.78, 5) is 16.2. The van der Waals surface area contributed by atoms with Crippen molar-refractivity contribution in [3.63, 3.8) is 0 Å². The van der Waals surface area contributed by atoms with Gasteiger partial charge in [0, 0.05) is 26.2 Å². The molecule has 0 radical (unpaired) electrons. The molecule has 0 aromatic heterocycles. The van der Waals surface area contributed by atoms with E-state index in [1.54, 1.807) is 4.90 Å². The zero-order valence-electron chi connectivity index (χ0n) is 12.3. The van der Waals surface area contributed by atoms with Gasteiger partial charge in [-0.15, -0.1) is 0 Å². The van der Waals surface area contributed by atoms with Crippen LogP contribution >= 0.6 is 12.2 Å². The van der Waals surface area contributed by atoms with Crippen LogP contribution in [0.2, 0.25) is 0 Å². The molecule has 0 atom stereocenters. The molecule has 0 spiro atoms. The Labute approximate surface area is 133 Å². The predicted octanol–water partition coefficient (Wildman–Crippen LogP) is 0.654. The zero-order chi connectivity index (χ0) is 16.1. The summed E-state index contributed by atoms with van der Waals surface area (Å²) >= 11 is 4.91. The van der Waals surface area contributed by atoms with E-state index in [0.717, 1.165) is 13.1 Å². The van der Waals surface area contributed by atoms with Crippen molar-refractivity contribution >= 4 is 34.5 Å². The Balaban J connectivity index is 2.08. The molecule has 0 aliphatic carbocycles. The lowest BCUT2D eigenvalue weighted by Gasteiger charge is -2.32. The largest absolute Gasteiger partial charge is 0.388 e. The second-order valence-electron chi connectivity index (χ2n) is 5.04. The van der Waals surface area contributed by atoms with Gasteiger partial charge in [-0.2, -0.15) is 5.10 Å². The molecule has 1 heterocycles. The van der Waals surface area contributed by atoms with Crippen LogP contribution in [0.25, 0.3) is 0 Å². The maximum Gasteiger partial charge on any atom is 0.277 e. The lowest BCUT2D eigenvalue weighted by Crippen LogP contribution is -2.51. The third kappa shape index (κ3) is 4.22. The van der Waals surface area contributed by atoms with Crippen LogP contribution in [0.4, 0.5) is 10.1 Å². The first-order chi connectivity index (χ1) is 10.5. The van der Waals surface area contributed by atoms with Gasteiger partial charge in [-0.3, -0.25) is 10.2 Å². The van der Waals surface area contributed by atoms with Gasteiger partial charge in [-0.25, -0.2) is 4.39 Å². The molecule has 22 heavy (non-hydrogen) atoms. The van der Waals surface area contributed by atoms with E-state index in [4.69, 9.17) is 18.0 Å². The molecule has 1 aromatic rings. The molecule has 6 nitrogen and oxygen atoms in total. The third-order valence-electron chi connectivity index (χ3n) is 3.37. The number of carbonyl (C=O) groups excluding carboxylic acids is 1. The van der Waals surface area contributed by atoms with Gasteiger partial charge in [-0.05, 0) is 31.3 Å². The zero-order valence-corrected chi connectivity index (χ0v) is 13.1. The number of likely N-dealkylation sites (N-methyl/N-ethyl adjacent to an activating group) is 1. The number of piperazine rings is 1. The smallest absolute Gasteiger partial charge is 0.277 e. The van der Waals surface area contributed by atoms with Gasteiger partial charge in [0.15, 0.2) is 5.71 Å². The van der Waals surface area contributed by atoms with E-state index in [1.807, 2.05) is 7.05 Å². The summed E-state index contributed by atoms with van der Waals surface area (Å²) < 4.78 is 12.8. The molecule has 0 unspecified atom stereocenters. The monoisotopic (exact) mass is 323 g/mol. The number of halogens is 1. The fraction of sp³-hybridized carbons (Fsp3) is 0.357. The second-order valence-corrected chi connectivity index (χ2v) is 5.48. The fourth-order valence-electron chi connectivity index (χ4n) is 2.01. The molecular weight excluding hydrogens is 305 g/mol. The molecule has 8 heteroatoms. The first kappa shape index (κ1) is 16.3. The highest BCUT2D eigenvalue weighted by molar-refractivity contribution is 7.82. The van der Waals surface area contributed by atoms with Crippen molar-refractivity contribution in [3.05, 3.63) is 30.1 Å². The lowest BCUT2D eigenvalue weighted by atomic mass is 10.2. The average Bonchev–Trinajstić information content (AvgIpc) is 2.49. The molecule has 1 aromatic carbocycles. The highest BCUT2D eigenvalue weighted by atomic mass is 32.1. The number of benzene rings is 1. The van der Waals surface area contributed by atoms with Gasteiger partial charge in [0.2, 0.25) is 0 Å². The van der Waals surface area contributed by atoms with Gasteiger partial charge < -0.3 is 15.5 Å². The van der Waals surface area contributed by atoms with Gasteiger partial charge >= 0.3 is 0 Å². The summed E-state index contributed by atoms with van der Waals surface area (Å²) in [5.41, 5.74) is 8.83. The number of hydrogen-bond donors (Lipinski definition) is 2. The number of hydrogen-bond acceptors (Lipinski definition) is 5. The van der Waals surface area contributed by atoms with Crippen LogP contribution in [0.1, 0.15) is 0 Å². The maximum atomic E-state index is 12.8. The molecule has 0 bridgehead atoms. The quantitative estimate of drug-likeness (QED) is 0.484. The molecule has 1 amide bonds. The summed E-state index contributed by atoms with van der Waals surface area (Å²) in [6.45, 7) is 2.80. The topological polar surface area (TPSA) is 74.0 Å². The fourth-order valence-corrected chi connectivity index (χ4v) is 2.15. The van der Waals surface area contributed by atoms with E-state index in [2.05, 4.69) is 15.4 Å². The number of nitrogens with one attached hydrogen (secondary N) is 1. The van der Waals surface area contributed by atoms with Crippen LogP contribution in [0.15, 0.2) is 29.4 Å². The van der Waals surface area contributed by atoms with E-state index in [1.165, 1.54) is 24.3 Å². The highest BCUT2D eigenvalue weighted by Gasteiger charge is 2.25. The van der Waals surface area contributed by atoms with Crippen LogP contribution in [0, 0.1) is 5.82 Å². The Kier molecular flexibility index (Phi) is 5.40. The van der Waals surface area contributed by atoms with E-state index in [0.29, 0.717) is 18.8 Å². The predicted molar refractivity (Wildman–Crippen MR) is 88.3 cm³/mol. The number of thiocarbonyl (C=S) groups is 1. The van der Waals surface area contributed by atoms with Crippen LogP contribution < -0.4 is 11.2 Å². The summed E-state index contributed by atoms with van der Waals surface area (Å²) in [6, 6.07) is 5.61. The lowest BCUT2D eigenvalue weighted by molar-refractivity contribution is -0.125. The van der Waals surface area contributed by atoms with E-state index in [-0.39, 0.29) is 22.4 Å². The van der Waals surface area contributed by atoms with Crippen LogP contribution in [0.3, 0.4) is 0 Å². The molecule has 1 saturated heterocycles. The van der Waals surface area contributed by atoms with E-state index < -0.39 is 0 Å². The molecular formula is C14H18FN5OS. The Hall–Kier alpha value is -2.06. The molecule has 3 N–H and O–H groups in total. The Morgan fingerprint density at radius 2 is 1.86 bits per heavy atom. The number of carbonyl (C=O) groups is 1. The number of nitrogens with two attached hydrogens (primary N) is 1. The van der Waals surface area contributed by atoms with Gasteiger partial charge in [-0.1, -0.05) is 12.2 Å². The number of nitrogens with zero attached hydrogens (tertiary/aromatic N) is 3. The van der Waals surface area contributed by atoms with Crippen molar-refractivity contribution in [2.45, 2.75) is 0 Å². The Morgan fingerprint density at radius 1 is 1.27 bits per heavy atom. The van der Waals surface area contributed by atoms with Crippen molar-refractivity contribution in [2.75, 3.05) is 38.7 Å². The SMILES string of the molecule is CN1CCN(C(=O)/C(=N/Nc2ccc(F)cc2)C(N)=S)CC1. The molecule has 1 aliphatic heterocycles. The van der Waals surface area contributed by atoms with E-state index >= 15 is 0 Å².